The van der Waals surface area contributed by atoms with Crippen molar-refractivity contribution in [2.75, 3.05) is 19.5 Å². The van der Waals surface area contributed by atoms with Gasteiger partial charge in [0.05, 0.1) is 26.3 Å². The molecule has 0 radical (unpaired) electrons. The Morgan fingerprint density at radius 2 is 1.76 bits per heavy atom. The van der Waals surface area contributed by atoms with Crippen LogP contribution in [0.25, 0.3) is 5.69 Å². The summed E-state index contributed by atoms with van der Waals surface area (Å²) in [5.41, 5.74) is 3.07. The molecular weight excluding hydrogens is 526 g/mol. The Labute approximate surface area is 227 Å². The van der Waals surface area contributed by atoms with Gasteiger partial charge in [-0.3, -0.25) is 4.79 Å². The number of halogens is 1. The van der Waals surface area contributed by atoms with Gasteiger partial charge in [-0.25, -0.2) is 13.1 Å². The van der Waals surface area contributed by atoms with Crippen molar-refractivity contribution in [3.63, 3.8) is 0 Å². The molecule has 10 heteroatoms. The molecule has 1 heterocycles. The highest BCUT2D eigenvalue weighted by Gasteiger charge is 2.22. The maximum absolute atomic E-state index is 13.6. The summed E-state index contributed by atoms with van der Waals surface area (Å²) in [5, 5.41) is 3.27. The SMILES string of the molecule is COc1ccc(CNS(=O)(=O)c2cc(NC(=O)Cc3ccccc3Cl)ccc2-n2ccc(C)c2)c(OC)c1. The van der Waals surface area contributed by atoms with Gasteiger partial charge >= 0.3 is 0 Å². The number of amides is 1. The first-order valence-corrected chi connectivity index (χ1v) is 13.6. The summed E-state index contributed by atoms with van der Waals surface area (Å²) in [6.45, 7) is 1.91. The van der Waals surface area contributed by atoms with Crippen molar-refractivity contribution in [2.24, 2.45) is 0 Å². The molecule has 1 aromatic heterocycles. The molecule has 0 saturated carbocycles. The molecule has 0 aliphatic carbocycles. The predicted molar refractivity (Wildman–Crippen MR) is 148 cm³/mol. The number of ether oxygens (including phenoxy) is 2. The third-order valence-electron chi connectivity index (χ3n) is 5.91. The van der Waals surface area contributed by atoms with Crippen molar-refractivity contribution in [1.29, 1.82) is 0 Å². The van der Waals surface area contributed by atoms with Crippen molar-refractivity contribution < 1.29 is 22.7 Å². The number of anilines is 1. The van der Waals surface area contributed by atoms with Gasteiger partial charge in [-0.15, -0.1) is 0 Å². The largest absolute Gasteiger partial charge is 0.497 e. The normalized spacial score (nSPS) is 11.3. The number of hydrogen-bond donors (Lipinski definition) is 2. The van der Waals surface area contributed by atoms with Gasteiger partial charge in [-0.05, 0) is 54.4 Å². The van der Waals surface area contributed by atoms with Gasteiger partial charge < -0.3 is 19.4 Å². The molecule has 4 rings (SSSR count). The summed E-state index contributed by atoms with van der Waals surface area (Å²) in [5.74, 6) is 0.773. The van der Waals surface area contributed by atoms with E-state index >= 15 is 0 Å². The molecule has 2 N–H and O–H groups in total. The van der Waals surface area contributed by atoms with Crippen LogP contribution in [0.3, 0.4) is 0 Å². The van der Waals surface area contributed by atoms with E-state index in [0.717, 1.165) is 5.56 Å². The van der Waals surface area contributed by atoms with Gasteiger partial charge in [0.15, 0.2) is 0 Å². The Kier molecular flexibility index (Phi) is 8.41. The standard InChI is InChI=1S/C28H28ClN3O5S/c1-19-12-13-32(18-19)25-11-9-22(31-28(33)14-20-6-4-5-7-24(20)29)15-27(25)38(34,35)30-17-21-8-10-23(36-2)16-26(21)37-3/h4-13,15-16,18,30H,14,17H2,1-3H3,(H,31,33). The first-order valence-electron chi connectivity index (χ1n) is 11.7. The second kappa shape index (κ2) is 11.7. The highest BCUT2D eigenvalue weighted by molar-refractivity contribution is 7.89. The van der Waals surface area contributed by atoms with Gasteiger partial charge in [0.1, 0.15) is 16.4 Å². The highest BCUT2D eigenvalue weighted by atomic mass is 35.5. The van der Waals surface area contributed by atoms with Gasteiger partial charge in [-0.1, -0.05) is 35.9 Å². The Balaban J connectivity index is 1.63. The number of aromatic nitrogens is 1. The second-order valence-corrected chi connectivity index (χ2v) is 10.7. The van der Waals surface area contributed by atoms with Crippen LogP contribution in [-0.2, 0) is 27.8 Å². The minimum Gasteiger partial charge on any atom is -0.497 e. The lowest BCUT2D eigenvalue weighted by atomic mass is 10.1. The van der Waals surface area contributed by atoms with Crippen LogP contribution in [0.4, 0.5) is 5.69 Å². The van der Waals surface area contributed by atoms with Crippen LogP contribution in [-0.4, -0.2) is 33.1 Å². The number of rotatable bonds is 10. The Bertz CT molecular complexity index is 1570. The minimum absolute atomic E-state index is 0.0103. The predicted octanol–water partition coefficient (Wildman–Crippen LogP) is 5.12. The number of benzene rings is 3. The van der Waals surface area contributed by atoms with E-state index in [1.54, 1.807) is 72.5 Å². The number of methoxy groups -OCH3 is 2. The average Bonchev–Trinajstić information content (AvgIpc) is 3.34. The molecular formula is C28H28ClN3O5S. The Morgan fingerprint density at radius 3 is 2.45 bits per heavy atom. The van der Waals surface area contributed by atoms with Crippen LogP contribution in [0, 0.1) is 6.92 Å². The lowest BCUT2D eigenvalue weighted by Gasteiger charge is -2.16. The van der Waals surface area contributed by atoms with Crippen LogP contribution in [0.15, 0.2) is 84.0 Å². The first-order chi connectivity index (χ1) is 18.2. The van der Waals surface area contributed by atoms with Gasteiger partial charge in [-0.2, -0.15) is 0 Å². The molecule has 198 valence electrons. The number of hydrogen-bond acceptors (Lipinski definition) is 5. The molecule has 0 fully saturated rings. The summed E-state index contributed by atoms with van der Waals surface area (Å²) in [4.78, 5) is 12.7. The van der Waals surface area contributed by atoms with Crippen molar-refractivity contribution in [3.8, 4) is 17.2 Å². The zero-order valence-corrected chi connectivity index (χ0v) is 22.8. The van der Waals surface area contributed by atoms with E-state index < -0.39 is 10.0 Å². The summed E-state index contributed by atoms with van der Waals surface area (Å²) < 4.78 is 42.2. The number of carbonyl (C=O) groups is 1. The van der Waals surface area contributed by atoms with E-state index in [9.17, 15) is 13.2 Å². The van der Waals surface area contributed by atoms with Gasteiger partial charge in [0.2, 0.25) is 15.9 Å². The Morgan fingerprint density at radius 1 is 0.974 bits per heavy atom. The third kappa shape index (κ3) is 6.36. The molecule has 4 aromatic rings. The average molecular weight is 554 g/mol. The monoisotopic (exact) mass is 553 g/mol. The molecule has 0 unspecified atom stereocenters. The molecule has 1 amide bonds. The number of carbonyl (C=O) groups excluding carboxylic acids is 1. The second-order valence-electron chi connectivity index (χ2n) is 8.60. The van der Waals surface area contributed by atoms with E-state index in [1.807, 2.05) is 19.2 Å². The fraction of sp³-hybridized carbons (Fsp3) is 0.179. The first kappa shape index (κ1) is 27.3. The quantitative estimate of drug-likeness (QED) is 0.284. The number of nitrogens with zero attached hydrogens (tertiary/aromatic N) is 1. The zero-order chi connectivity index (χ0) is 27.3. The smallest absolute Gasteiger partial charge is 0.243 e. The molecule has 3 aromatic carbocycles. The summed E-state index contributed by atoms with van der Waals surface area (Å²) in [7, 11) is -0.971. The zero-order valence-electron chi connectivity index (χ0n) is 21.2. The summed E-state index contributed by atoms with van der Waals surface area (Å²) >= 11 is 6.18. The summed E-state index contributed by atoms with van der Waals surface area (Å²) in [6.07, 6.45) is 3.66. The highest BCUT2D eigenvalue weighted by Crippen LogP contribution is 2.28. The number of sulfonamides is 1. The fourth-order valence-electron chi connectivity index (χ4n) is 3.94. The molecule has 0 spiro atoms. The number of aryl methyl sites for hydroxylation is 1. The van der Waals surface area contributed by atoms with Crippen molar-refractivity contribution in [3.05, 3.63) is 101 Å². The minimum atomic E-state index is -4.02. The van der Waals surface area contributed by atoms with E-state index in [0.29, 0.717) is 39.0 Å². The van der Waals surface area contributed by atoms with Crippen LogP contribution in [0.1, 0.15) is 16.7 Å². The third-order valence-corrected chi connectivity index (χ3v) is 7.71. The number of nitrogens with one attached hydrogen (secondary N) is 2. The molecule has 0 aliphatic heterocycles. The van der Waals surface area contributed by atoms with Crippen molar-refractivity contribution >= 4 is 33.2 Å². The van der Waals surface area contributed by atoms with Crippen molar-refractivity contribution in [1.82, 2.24) is 9.29 Å². The van der Waals surface area contributed by atoms with Crippen molar-refractivity contribution in [2.45, 2.75) is 24.8 Å². The maximum Gasteiger partial charge on any atom is 0.243 e. The molecule has 8 nitrogen and oxygen atoms in total. The fourth-order valence-corrected chi connectivity index (χ4v) is 5.38. The Hall–Kier alpha value is -3.79. The topological polar surface area (TPSA) is 98.7 Å². The molecule has 38 heavy (non-hydrogen) atoms. The van der Waals surface area contributed by atoms with Gasteiger partial charge in [0.25, 0.3) is 0 Å². The molecule has 0 saturated heterocycles. The van der Waals surface area contributed by atoms with E-state index in [4.69, 9.17) is 21.1 Å². The van der Waals surface area contributed by atoms with Crippen LogP contribution < -0.4 is 19.5 Å². The van der Waals surface area contributed by atoms with E-state index in [-0.39, 0.29) is 23.8 Å². The van der Waals surface area contributed by atoms with Crippen LogP contribution >= 0.6 is 11.6 Å². The molecule has 0 aliphatic rings. The molecule has 0 atom stereocenters. The van der Waals surface area contributed by atoms with Gasteiger partial charge in [0, 0.05) is 41.3 Å². The molecule has 0 bridgehead atoms. The van der Waals surface area contributed by atoms with E-state index in [2.05, 4.69) is 10.0 Å². The van der Waals surface area contributed by atoms with Crippen LogP contribution in [0.2, 0.25) is 5.02 Å². The summed E-state index contributed by atoms with van der Waals surface area (Å²) in [6, 6.07) is 18.9. The maximum atomic E-state index is 13.6. The lowest BCUT2D eigenvalue weighted by molar-refractivity contribution is -0.115. The van der Waals surface area contributed by atoms with Crippen LogP contribution in [0.5, 0.6) is 11.5 Å². The lowest BCUT2D eigenvalue weighted by Crippen LogP contribution is -2.25. The van der Waals surface area contributed by atoms with E-state index in [1.165, 1.54) is 13.2 Å².